The minimum absolute atomic E-state index is 0.479. The smallest absolute Gasteiger partial charge is 0.0127 e. The molecule has 0 aromatic heterocycles. The van der Waals surface area contributed by atoms with E-state index < -0.39 is 0 Å². The highest BCUT2D eigenvalue weighted by Gasteiger charge is 2.31. The third-order valence-corrected chi connectivity index (χ3v) is 3.30. The van der Waals surface area contributed by atoms with Crippen molar-refractivity contribution in [3.05, 3.63) is 0 Å². The van der Waals surface area contributed by atoms with Crippen LogP contribution in [-0.4, -0.2) is 29.6 Å². The lowest BCUT2D eigenvalue weighted by Gasteiger charge is -2.43. The van der Waals surface area contributed by atoms with Gasteiger partial charge in [0.15, 0.2) is 0 Å². The molecule has 0 radical (unpaired) electrons. The predicted octanol–water partition coefficient (Wildman–Crippen LogP) is 2.38. The molecule has 2 heteroatoms. The van der Waals surface area contributed by atoms with Crippen molar-refractivity contribution in [2.75, 3.05) is 6.54 Å². The van der Waals surface area contributed by atoms with Gasteiger partial charge >= 0.3 is 0 Å². The van der Waals surface area contributed by atoms with E-state index in [4.69, 9.17) is 5.73 Å². The Balaban J connectivity index is 2.25. The fourth-order valence-electron chi connectivity index (χ4n) is 2.31. The van der Waals surface area contributed by atoms with Crippen molar-refractivity contribution >= 4 is 0 Å². The fourth-order valence-corrected chi connectivity index (χ4v) is 2.31. The number of nitrogens with zero attached hydrogens (tertiary/aromatic N) is 1. The van der Waals surface area contributed by atoms with E-state index in [9.17, 15) is 0 Å². The molecule has 84 valence electrons. The summed E-state index contributed by atoms with van der Waals surface area (Å²) in [6, 6.07) is 1.94. The van der Waals surface area contributed by atoms with Crippen LogP contribution in [0.5, 0.6) is 0 Å². The number of unbranched alkanes of at least 4 members (excludes halogenated alkanes) is 2. The van der Waals surface area contributed by atoms with Gasteiger partial charge in [-0.25, -0.2) is 0 Å². The first-order valence-corrected chi connectivity index (χ1v) is 6.16. The second kappa shape index (κ2) is 5.72. The molecule has 14 heavy (non-hydrogen) atoms. The Hall–Kier alpha value is -0.0800. The second-order valence-electron chi connectivity index (χ2n) is 4.92. The van der Waals surface area contributed by atoms with E-state index in [1.54, 1.807) is 0 Å². The SMILES string of the molecule is CCCCCN(C(C)C)C1CC(N)C1. The molecule has 0 atom stereocenters. The molecule has 1 rings (SSSR count). The lowest BCUT2D eigenvalue weighted by Crippen LogP contribution is -2.53. The van der Waals surface area contributed by atoms with Gasteiger partial charge in [-0.05, 0) is 39.7 Å². The lowest BCUT2D eigenvalue weighted by molar-refractivity contribution is 0.0788. The molecule has 1 aliphatic rings. The largest absolute Gasteiger partial charge is 0.328 e. The molecule has 2 N–H and O–H groups in total. The topological polar surface area (TPSA) is 29.3 Å². The van der Waals surface area contributed by atoms with E-state index in [2.05, 4.69) is 25.7 Å². The van der Waals surface area contributed by atoms with Crippen molar-refractivity contribution in [1.29, 1.82) is 0 Å². The number of hydrogen-bond acceptors (Lipinski definition) is 2. The maximum Gasteiger partial charge on any atom is 0.0127 e. The van der Waals surface area contributed by atoms with Crippen LogP contribution >= 0.6 is 0 Å². The van der Waals surface area contributed by atoms with E-state index in [0.717, 1.165) is 6.04 Å². The van der Waals surface area contributed by atoms with Gasteiger partial charge in [0.25, 0.3) is 0 Å². The minimum atomic E-state index is 0.479. The van der Waals surface area contributed by atoms with Crippen molar-refractivity contribution in [3.8, 4) is 0 Å². The maximum atomic E-state index is 5.83. The van der Waals surface area contributed by atoms with Crippen LogP contribution in [0.25, 0.3) is 0 Å². The zero-order chi connectivity index (χ0) is 10.6. The van der Waals surface area contributed by atoms with Crippen LogP contribution < -0.4 is 5.73 Å². The highest BCUT2D eigenvalue weighted by Crippen LogP contribution is 2.26. The Morgan fingerprint density at radius 3 is 2.36 bits per heavy atom. The van der Waals surface area contributed by atoms with Crippen LogP contribution in [-0.2, 0) is 0 Å². The second-order valence-corrected chi connectivity index (χ2v) is 4.92. The van der Waals surface area contributed by atoms with Crippen LogP contribution in [0.2, 0.25) is 0 Å². The maximum absolute atomic E-state index is 5.83. The summed E-state index contributed by atoms with van der Waals surface area (Å²) in [6.45, 7) is 8.13. The Morgan fingerprint density at radius 2 is 1.93 bits per heavy atom. The highest BCUT2D eigenvalue weighted by molar-refractivity contribution is 4.90. The van der Waals surface area contributed by atoms with E-state index in [1.807, 2.05) is 0 Å². The third kappa shape index (κ3) is 3.25. The summed E-state index contributed by atoms with van der Waals surface area (Å²) in [5.74, 6) is 0. The van der Waals surface area contributed by atoms with E-state index in [1.165, 1.54) is 38.6 Å². The lowest BCUT2D eigenvalue weighted by atomic mass is 9.85. The number of nitrogens with two attached hydrogens (primary N) is 1. The van der Waals surface area contributed by atoms with Gasteiger partial charge in [-0.15, -0.1) is 0 Å². The van der Waals surface area contributed by atoms with Crippen molar-refractivity contribution in [1.82, 2.24) is 4.90 Å². The molecule has 0 aromatic carbocycles. The number of rotatable bonds is 6. The predicted molar refractivity (Wildman–Crippen MR) is 62.4 cm³/mol. The average molecular weight is 198 g/mol. The van der Waals surface area contributed by atoms with E-state index in [-0.39, 0.29) is 0 Å². The molecular weight excluding hydrogens is 172 g/mol. The first-order valence-electron chi connectivity index (χ1n) is 6.16. The van der Waals surface area contributed by atoms with Crippen molar-refractivity contribution in [2.45, 2.75) is 71.0 Å². The molecule has 0 aromatic rings. The van der Waals surface area contributed by atoms with Gasteiger partial charge in [-0.3, -0.25) is 4.90 Å². The monoisotopic (exact) mass is 198 g/mol. The van der Waals surface area contributed by atoms with Gasteiger partial charge in [-0.1, -0.05) is 19.8 Å². The molecule has 0 unspecified atom stereocenters. The normalized spacial score (nSPS) is 27.0. The Labute approximate surface area is 88.8 Å². The van der Waals surface area contributed by atoms with Crippen LogP contribution in [0.4, 0.5) is 0 Å². The van der Waals surface area contributed by atoms with Gasteiger partial charge in [0.2, 0.25) is 0 Å². The van der Waals surface area contributed by atoms with E-state index >= 15 is 0 Å². The summed E-state index contributed by atoms with van der Waals surface area (Å²) in [7, 11) is 0. The summed E-state index contributed by atoms with van der Waals surface area (Å²) in [5.41, 5.74) is 5.83. The average Bonchev–Trinajstić information content (AvgIpc) is 2.08. The zero-order valence-corrected chi connectivity index (χ0v) is 10.00. The van der Waals surface area contributed by atoms with Crippen molar-refractivity contribution in [3.63, 3.8) is 0 Å². The molecule has 0 saturated heterocycles. The van der Waals surface area contributed by atoms with Gasteiger partial charge in [-0.2, -0.15) is 0 Å². The first kappa shape index (κ1) is 12.0. The Kier molecular flexibility index (Phi) is 4.90. The minimum Gasteiger partial charge on any atom is -0.328 e. The summed E-state index contributed by atoms with van der Waals surface area (Å²) < 4.78 is 0. The third-order valence-electron chi connectivity index (χ3n) is 3.30. The molecule has 0 bridgehead atoms. The van der Waals surface area contributed by atoms with Gasteiger partial charge in [0.05, 0.1) is 0 Å². The highest BCUT2D eigenvalue weighted by atomic mass is 15.2. The van der Waals surface area contributed by atoms with Crippen LogP contribution in [0.3, 0.4) is 0 Å². The molecule has 1 saturated carbocycles. The fraction of sp³-hybridized carbons (Fsp3) is 1.00. The first-order chi connectivity index (χ1) is 6.65. The van der Waals surface area contributed by atoms with Crippen molar-refractivity contribution in [2.24, 2.45) is 5.73 Å². The summed E-state index contributed by atoms with van der Waals surface area (Å²) in [4.78, 5) is 2.64. The molecule has 2 nitrogen and oxygen atoms in total. The Bertz CT molecular complexity index is 150. The van der Waals surface area contributed by atoms with Gasteiger partial charge in [0.1, 0.15) is 0 Å². The Morgan fingerprint density at radius 1 is 1.29 bits per heavy atom. The molecular formula is C12H26N2. The zero-order valence-electron chi connectivity index (χ0n) is 10.00. The van der Waals surface area contributed by atoms with Crippen LogP contribution in [0.1, 0.15) is 52.9 Å². The molecule has 1 fully saturated rings. The molecule has 0 amide bonds. The quantitative estimate of drug-likeness (QED) is 0.664. The van der Waals surface area contributed by atoms with Crippen LogP contribution in [0.15, 0.2) is 0 Å². The molecule has 1 aliphatic carbocycles. The van der Waals surface area contributed by atoms with Crippen molar-refractivity contribution < 1.29 is 0 Å². The van der Waals surface area contributed by atoms with Gasteiger partial charge in [0, 0.05) is 18.1 Å². The standard InChI is InChI=1S/C12H26N2/c1-4-5-6-7-14(10(2)3)12-8-11(13)9-12/h10-12H,4-9,13H2,1-3H3. The van der Waals surface area contributed by atoms with Gasteiger partial charge < -0.3 is 5.73 Å². The summed E-state index contributed by atoms with van der Waals surface area (Å²) in [6.07, 6.45) is 6.45. The molecule has 0 aliphatic heterocycles. The van der Waals surface area contributed by atoms with Crippen LogP contribution in [0, 0.1) is 0 Å². The number of hydrogen-bond donors (Lipinski definition) is 1. The molecule has 0 spiro atoms. The summed E-state index contributed by atoms with van der Waals surface area (Å²) >= 11 is 0. The molecule has 0 heterocycles. The van der Waals surface area contributed by atoms with E-state index in [0.29, 0.717) is 12.1 Å². The summed E-state index contributed by atoms with van der Waals surface area (Å²) in [5, 5.41) is 0.